The minimum absolute atomic E-state index is 0.395. The van der Waals surface area contributed by atoms with Crippen molar-refractivity contribution < 1.29 is 37.1 Å². The maximum absolute atomic E-state index is 15.6. The minimum atomic E-state index is -4.08. The number of hydrogen-bond acceptors (Lipinski definition) is 9. The highest BCUT2D eigenvalue weighted by Crippen LogP contribution is 2.62. The molecule has 2 fully saturated rings. The molecule has 5 atom stereocenters. The fourth-order valence-electron chi connectivity index (χ4n) is 3.78. The molecule has 3 N–H and O–H groups in total. The van der Waals surface area contributed by atoms with Gasteiger partial charge in [-0.1, -0.05) is 0 Å². The molecule has 2 aliphatic rings. The number of benzene rings is 1. The van der Waals surface area contributed by atoms with Crippen LogP contribution in [0.4, 0.5) is 10.1 Å². The zero-order chi connectivity index (χ0) is 21.9. The lowest BCUT2D eigenvalue weighted by molar-refractivity contribution is -0.220. The SMILES string of the molecule is CCOc1cc(N)cc2c1ncn2[C@@H]1O[C@]2(F)COP(=O)(OC(C)C)O[C@H]2[C@@]1(C)O. The number of hydrogen-bond donors (Lipinski definition) is 2. The molecule has 3 heterocycles. The van der Waals surface area contributed by atoms with E-state index in [2.05, 4.69) is 4.98 Å². The van der Waals surface area contributed by atoms with E-state index in [1.54, 1.807) is 26.0 Å². The second-order valence-electron chi connectivity index (χ2n) is 7.81. The highest BCUT2D eigenvalue weighted by molar-refractivity contribution is 7.48. The molecule has 0 spiro atoms. The molecule has 12 heteroatoms. The number of fused-ring (bicyclic) bond motifs is 2. The average molecular weight is 445 g/mol. The summed E-state index contributed by atoms with van der Waals surface area (Å²) in [5.41, 5.74) is 5.36. The monoisotopic (exact) mass is 445 g/mol. The summed E-state index contributed by atoms with van der Waals surface area (Å²) in [6.45, 7) is 6.09. The van der Waals surface area contributed by atoms with Gasteiger partial charge in [0, 0.05) is 11.8 Å². The van der Waals surface area contributed by atoms with Crippen molar-refractivity contribution >= 4 is 24.5 Å². The van der Waals surface area contributed by atoms with Crippen LogP contribution in [-0.4, -0.2) is 51.5 Å². The highest BCUT2D eigenvalue weighted by Gasteiger charge is 2.69. The van der Waals surface area contributed by atoms with E-state index >= 15 is 4.39 Å². The summed E-state index contributed by atoms with van der Waals surface area (Å²) in [5.74, 6) is -2.10. The summed E-state index contributed by atoms with van der Waals surface area (Å²) >= 11 is 0. The molecule has 4 rings (SSSR count). The Morgan fingerprint density at radius 1 is 1.50 bits per heavy atom. The van der Waals surface area contributed by atoms with Crippen LogP contribution in [0.5, 0.6) is 5.75 Å². The van der Waals surface area contributed by atoms with E-state index < -0.39 is 44.3 Å². The third-order valence-corrected chi connectivity index (χ3v) is 6.54. The van der Waals surface area contributed by atoms with Crippen LogP contribution in [0.2, 0.25) is 0 Å². The number of nitrogens with two attached hydrogens (primary N) is 1. The first-order valence-corrected chi connectivity index (χ1v) is 11.0. The largest absolute Gasteiger partial charge is 0.491 e. The normalized spacial score (nSPS) is 36.4. The van der Waals surface area contributed by atoms with E-state index in [0.29, 0.717) is 29.1 Å². The number of nitrogen functional groups attached to an aromatic ring is 1. The number of imidazole rings is 1. The van der Waals surface area contributed by atoms with Gasteiger partial charge >= 0.3 is 7.82 Å². The van der Waals surface area contributed by atoms with Gasteiger partial charge in [0.05, 0.1) is 24.6 Å². The molecular weight excluding hydrogens is 420 g/mol. The zero-order valence-electron chi connectivity index (χ0n) is 17.1. The Kier molecular flexibility index (Phi) is 5.12. The summed E-state index contributed by atoms with van der Waals surface area (Å²) in [7, 11) is -4.08. The topological polar surface area (TPSA) is 127 Å². The number of nitrogens with zero attached hydrogens (tertiary/aromatic N) is 2. The lowest BCUT2D eigenvalue weighted by Gasteiger charge is -2.37. The van der Waals surface area contributed by atoms with Crippen LogP contribution in [0.25, 0.3) is 11.0 Å². The van der Waals surface area contributed by atoms with E-state index in [1.165, 1.54) is 17.8 Å². The van der Waals surface area contributed by atoms with Gasteiger partial charge in [0.15, 0.2) is 12.3 Å². The molecule has 10 nitrogen and oxygen atoms in total. The van der Waals surface area contributed by atoms with Crippen LogP contribution in [0.1, 0.15) is 33.9 Å². The van der Waals surface area contributed by atoms with Crippen molar-refractivity contribution in [3.05, 3.63) is 18.5 Å². The zero-order valence-corrected chi connectivity index (χ0v) is 18.0. The quantitative estimate of drug-likeness (QED) is 0.527. The maximum Gasteiger partial charge on any atom is 0.475 e. The van der Waals surface area contributed by atoms with Crippen LogP contribution in [-0.2, 0) is 22.9 Å². The number of anilines is 1. The van der Waals surface area contributed by atoms with Crippen molar-refractivity contribution in [2.75, 3.05) is 18.9 Å². The minimum Gasteiger partial charge on any atom is -0.491 e. The second-order valence-corrected chi connectivity index (χ2v) is 9.39. The number of phosphoric ester groups is 1. The summed E-state index contributed by atoms with van der Waals surface area (Å²) in [5, 5.41) is 11.2. The summed E-state index contributed by atoms with van der Waals surface area (Å²) in [6.07, 6.45) is -2.01. The molecule has 1 unspecified atom stereocenters. The molecule has 30 heavy (non-hydrogen) atoms. The van der Waals surface area contributed by atoms with Crippen molar-refractivity contribution in [1.29, 1.82) is 0 Å². The smallest absolute Gasteiger partial charge is 0.475 e. The van der Waals surface area contributed by atoms with Crippen LogP contribution < -0.4 is 10.5 Å². The fraction of sp³-hybridized carbons (Fsp3) is 0.611. The average Bonchev–Trinajstić information content (AvgIpc) is 3.13. The van der Waals surface area contributed by atoms with E-state index in [9.17, 15) is 9.67 Å². The van der Waals surface area contributed by atoms with E-state index in [4.69, 9.17) is 28.8 Å². The Bertz CT molecular complexity index is 1010. The molecule has 0 saturated carbocycles. The molecule has 166 valence electrons. The van der Waals surface area contributed by atoms with Gasteiger partial charge in [0.25, 0.3) is 5.85 Å². The second kappa shape index (κ2) is 7.15. The standard InChI is InChI=1S/C18H25FN3O7P/c1-5-25-13-7-11(20)6-12-14(13)21-9-22(12)16-17(4,23)15-18(19,27-16)8-26-30(24,29-15)28-10(2)3/h6-7,9-10,15-16,23H,5,8,20H2,1-4H3/t15-,16+,17+,18+,30?/m0/s1. The maximum atomic E-state index is 15.6. The molecule has 2 saturated heterocycles. The van der Waals surface area contributed by atoms with Gasteiger partial charge in [-0.2, -0.15) is 0 Å². The molecule has 2 aliphatic heterocycles. The van der Waals surface area contributed by atoms with Gasteiger partial charge in [-0.05, 0) is 33.8 Å². The molecule has 2 aromatic rings. The predicted molar refractivity (Wildman–Crippen MR) is 105 cm³/mol. The number of ether oxygens (including phenoxy) is 2. The first kappa shape index (κ1) is 21.5. The van der Waals surface area contributed by atoms with Crippen molar-refractivity contribution in [1.82, 2.24) is 9.55 Å². The number of aromatic nitrogens is 2. The Labute approximate surface area is 172 Å². The number of phosphoric acid groups is 1. The van der Waals surface area contributed by atoms with Crippen LogP contribution >= 0.6 is 7.82 Å². The van der Waals surface area contributed by atoms with Gasteiger partial charge in [0.2, 0.25) is 0 Å². The molecule has 0 amide bonds. The number of halogens is 1. The predicted octanol–water partition coefficient (Wildman–Crippen LogP) is 2.91. The first-order chi connectivity index (χ1) is 14.0. The van der Waals surface area contributed by atoms with Crippen LogP contribution in [0, 0.1) is 0 Å². The van der Waals surface area contributed by atoms with E-state index in [-0.39, 0.29) is 0 Å². The van der Waals surface area contributed by atoms with Gasteiger partial charge in [-0.3, -0.25) is 13.6 Å². The first-order valence-electron chi connectivity index (χ1n) is 9.58. The third kappa shape index (κ3) is 3.39. The molecule has 0 aliphatic carbocycles. The fourth-order valence-corrected chi connectivity index (χ4v) is 5.43. The number of alkyl halides is 1. The molecule has 1 aromatic heterocycles. The molecule has 1 aromatic carbocycles. The Balaban J connectivity index is 1.74. The number of aliphatic hydroxyl groups is 1. The summed E-state index contributed by atoms with van der Waals surface area (Å²) < 4.78 is 56.4. The summed E-state index contributed by atoms with van der Waals surface area (Å²) in [6, 6.07) is 3.24. The molecule has 0 bridgehead atoms. The van der Waals surface area contributed by atoms with Gasteiger partial charge in [-0.25, -0.2) is 13.9 Å². The van der Waals surface area contributed by atoms with Gasteiger partial charge in [0.1, 0.15) is 23.5 Å². The lowest BCUT2D eigenvalue weighted by atomic mass is 9.95. The van der Waals surface area contributed by atoms with Crippen molar-refractivity contribution in [3.8, 4) is 5.75 Å². The highest BCUT2D eigenvalue weighted by atomic mass is 31.2. The van der Waals surface area contributed by atoms with E-state index in [0.717, 1.165) is 0 Å². The van der Waals surface area contributed by atoms with Crippen LogP contribution in [0.15, 0.2) is 18.5 Å². The Hall–Kier alpha value is -1.75. The van der Waals surface area contributed by atoms with Gasteiger partial charge in [-0.15, -0.1) is 0 Å². The summed E-state index contributed by atoms with van der Waals surface area (Å²) in [4.78, 5) is 4.31. The van der Waals surface area contributed by atoms with Crippen molar-refractivity contribution in [2.24, 2.45) is 0 Å². The van der Waals surface area contributed by atoms with E-state index in [1.807, 2.05) is 6.92 Å². The van der Waals surface area contributed by atoms with Gasteiger partial charge < -0.3 is 24.9 Å². The molecule has 0 radical (unpaired) electrons. The van der Waals surface area contributed by atoms with Crippen molar-refractivity contribution in [2.45, 2.75) is 57.6 Å². The molecular formula is C18H25FN3O7P. The Morgan fingerprint density at radius 2 is 2.23 bits per heavy atom. The van der Waals surface area contributed by atoms with Crippen LogP contribution in [0.3, 0.4) is 0 Å². The Morgan fingerprint density at radius 3 is 2.90 bits per heavy atom. The van der Waals surface area contributed by atoms with Crippen molar-refractivity contribution in [3.63, 3.8) is 0 Å². The number of rotatable bonds is 5. The third-order valence-electron chi connectivity index (χ3n) is 4.94. The lowest BCUT2D eigenvalue weighted by Crippen LogP contribution is -2.52.